The summed E-state index contributed by atoms with van der Waals surface area (Å²) in [6.07, 6.45) is 6.11. The summed E-state index contributed by atoms with van der Waals surface area (Å²) in [6, 6.07) is 0. The van der Waals surface area contributed by atoms with Gasteiger partial charge in [0.1, 0.15) is 0 Å². The van der Waals surface area contributed by atoms with Crippen LogP contribution in [0.15, 0.2) is 9.59 Å². The maximum absolute atomic E-state index is 11.6. The van der Waals surface area contributed by atoms with E-state index in [1.165, 1.54) is 0 Å². The Balaban J connectivity index is 2.91. The number of aryl methyl sites for hydroxylation is 1. The van der Waals surface area contributed by atoms with Crippen molar-refractivity contribution in [3.63, 3.8) is 0 Å². The Morgan fingerprint density at radius 1 is 1.44 bits per heavy atom. The lowest BCUT2D eigenvalue weighted by Gasteiger charge is -2.01. The van der Waals surface area contributed by atoms with Gasteiger partial charge < -0.3 is 4.57 Å². The van der Waals surface area contributed by atoms with Crippen molar-refractivity contribution in [1.29, 1.82) is 0 Å². The molecule has 2 N–H and O–H groups in total. The topological polar surface area (TPSA) is 83.5 Å². The quantitative estimate of drug-likeness (QED) is 0.685. The molecule has 0 aliphatic carbocycles. The van der Waals surface area contributed by atoms with Crippen molar-refractivity contribution in [1.82, 2.24) is 19.5 Å². The van der Waals surface area contributed by atoms with Crippen molar-refractivity contribution in [2.45, 2.75) is 19.9 Å². The third kappa shape index (κ3) is 1.42. The fraction of sp³-hybridized carbons (Fsp3) is 0.300. The van der Waals surface area contributed by atoms with Crippen LogP contribution in [0.25, 0.3) is 11.2 Å². The van der Waals surface area contributed by atoms with Gasteiger partial charge in [-0.05, 0) is 12.3 Å². The number of nitrogens with one attached hydrogen (secondary N) is 2. The monoisotopic (exact) mass is 218 g/mol. The Hall–Kier alpha value is -2.29. The van der Waals surface area contributed by atoms with Crippen LogP contribution in [-0.2, 0) is 6.54 Å². The molecule has 0 saturated heterocycles. The Bertz CT molecular complexity index is 683. The maximum Gasteiger partial charge on any atom is 0.327 e. The minimum absolute atomic E-state index is 0.232. The summed E-state index contributed by atoms with van der Waals surface area (Å²) in [5, 5.41) is 0. The van der Waals surface area contributed by atoms with Crippen molar-refractivity contribution >= 4 is 11.2 Å². The number of aromatic amines is 2. The second kappa shape index (κ2) is 3.70. The van der Waals surface area contributed by atoms with Crippen molar-refractivity contribution in [3.8, 4) is 12.3 Å². The van der Waals surface area contributed by atoms with Crippen LogP contribution in [0.4, 0.5) is 0 Å². The summed E-state index contributed by atoms with van der Waals surface area (Å²) in [6.45, 7) is 2.55. The third-order valence-corrected chi connectivity index (χ3v) is 2.22. The number of imidazole rings is 1. The predicted octanol–water partition coefficient (Wildman–Crippen LogP) is -0.196. The van der Waals surface area contributed by atoms with E-state index in [2.05, 4.69) is 20.9 Å². The molecule has 2 heterocycles. The zero-order chi connectivity index (χ0) is 11.7. The van der Waals surface area contributed by atoms with Crippen molar-refractivity contribution < 1.29 is 0 Å². The fourth-order valence-corrected chi connectivity index (χ4v) is 1.62. The molecule has 2 aromatic rings. The molecule has 0 radical (unpaired) electrons. The number of hydrogen-bond donors (Lipinski definition) is 2. The number of nitrogens with zero attached hydrogens (tertiary/aromatic N) is 2. The first-order valence-electron chi connectivity index (χ1n) is 4.86. The summed E-state index contributed by atoms with van der Waals surface area (Å²) < 4.78 is 1.63. The molecule has 0 spiro atoms. The molecular formula is C10H10N4O2. The number of hydrogen-bond acceptors (Lipinski definition) is 3. The molecule has 0 aromatic carbocycles. The average molecular weight is 218 g/mol. The van der Waals surface area contributed by atoms with Crippen LogP contribution in [0.2, 0.25) is 0 Å². The predicted molar refractivity (Wildman–Crippen MR) is 59.2 cm³/mol. The van der Waals surface area contributed by atoms with Gasteiger partial charge in [0, 0.05) is 6.54 Å². The van der Waals surface area contributed by atoms with E-state index < -0.39 is 11.2 Å². The van der Waals surface area contributed by atoms with E-state index in [0.29, 0.717) is 17.9 Å². The highest BCUT2D eigenvalue weighted by Gasteiger charge is 2.12. The van der Waals surface area contributed by atoms with E-state index in [9.17, 15) is 9.59 Å². The van der Waals surface area contributed by atoms with Crippen LogP contribution in [-0.4, -0.2) is 19.5 Å². The Kier molecular flexibility index (Phi) is 2.37. The molecule has 0 unspecified atom stereocenters. The highest BCUT2D eigenvalue weighted by atomic mass is 16.2. The van der Waals surface area contributed by atoms with E-state index in [4.69, 9.17) is 6.42 Å². The zero-order valence-corrected chi connectivity index (χ0v) is 8.70. The van der Waals surface area contributed by atoms with Crippen LogP contribution < -0.4 is 11.2 Å². The van der Waals surface area contributed by atoms with Gasteiger partial charge in [-0.15, -0.1) is 6.42 Å². The van der Waals surface area contributed by atoms with Crippen molar-refractivity contribution in [3.05, 3.63) is 26.7 Å². The van der Waals surface area contributed by atoms with Crippen LogP contribution in [0.5, 0.6) is 0 Å². The second-order valence-electron chi connectivity index (χ2n) is 3.34. The SMILES string of the molecule is C#Cc1nc2[nH]c(=O)[nH]c(=O)c2n1CCC. The van der Waals surface area contributed by atoms with Gasteiger partial charge in [-0.25, -0.2) is 9.78 Å². The zero-order valence-electron chi connectivity index (χ0n) is 8.70. The molecule has 0 aliphatic heterocycles. The van der Waals surface area contributed by atoms with E-state index in [1.807, 2.05) is 6.92 Å². The summed E-state index contributed by atoms with van der Waals surface area (Å²) >= 11 is 0. The summed E-state index contributed by atoms with van der Waals surface area (Å²) in [7, 11) is 0. The Morgan fingerprint density at radius 2 is 2.19 bits per heavy atom. The van der Waals surface area contributed by atoms with E-state index in [0.717, 1.165) is 6.42 Å². The molecule has 2 rings (SSSR count). The Morgan fingerprint density at radius 3 is 2.81 bits per heavy atom. The van der Waals surface area contributed by atoms with Gasteiger partial charge in [-0.3, -0.25) is 14.8 Å². The second-order valence-corrected chi connectivity index (χ2v) is 3.34. The number of H-pyrrole nitrogens is 2. The maximum atomic E-state index is 11.6. The minimum atomic E-state index is -0.581. The molecule has 0 bridgehead atoms. The average Bonchev–Trinajstić information content (AvgIpc) is 2.57. The lowest BCUT2D eigenvalue weighted by atomic mass is 10.4. The standard InChI is InChI=1S/C10H10N4O2/c1-3-5-14-6(4-2)11-8-7(14)9(15)13-10(16)12-8/h2H,3,5H2,1H3,(H2,12,13,15,16). The third-order valence-electron chi connectivity index (χ3n) is 2.22. The lowest BCUT2D eigenvalue weighted by Crippen LogP contribution is -2.23. The number of terminal acetylenes is 1. The minimum Gasteiger partial charge on any atom is -0.311 e. The molecule has 0 atom stereocenters. The van der Waals surface area contributed by atoms with Crippen LogP contribution in [0, 0.1) is 12.3 Å². The molecule has 0 amide bonds. The van der Waals surface area contributed by atoms with Gasteiger partial charge in [0.15, 0.2) is 17.0 Å². The van der Waals surface area contributed by atoms with Crippen molar-refractivity contribution in [2.24, 2.45) is 0 Å². The normalized spacial score (nSPS) is 10.5. The number of rotatable bonds is 2. The van der Waals surface area contributed by atoms with Crippen LogP contribution >= 0.6 is 0 Å². The molecule has 0 aliphatic rings. The van der Waals surface area contributed by atoms with Gasteiger partial charge in [-0.1, -0.05) is 6.92 Å². The first-order valence-corrected chi connectivity index (χ1v) is 4.86. The highest BCUT2D eigenvalue weighted by molar-refractivity contribution is 5.70. The Labute approximate surface area is 90.3 Å². The van der Waals surface area contributed by atoms with Gasteiger partial charge in [-0.2, -0.15) is 0 Å². The van der Waals surface area contributed by atoms with E-state index >= 15 is 0 Å². The first-order chi connectivity index (χ1) is 7.67. The first kappa shape index (κ1) is 10.2. The molecule has 82 valence electrons. The molecule has 6 nitrogen and oxygen atoms in total. The molecule has 2 aromatic heterocycles. The number of fused-ring (bicyclic) bond motifs is 1. The fourth-order valence-electron chi connectivity index (χ4n) is 1.62. The number of aromatic nitrogens is 4. The van der Waals surface area contributed by atoms with Crippen molar-refractivity contribution in [2.75, 3.05) is 0 Å². The van der Waals surface area contributed by atoms with E-state index in [-0.39, 0.29) is 5.65 Å². The van der Waals surface area contributed by atoms with Crippen LogP contribution in [0.3, 0.4) is 0 Å². The smallest absolute Gasteiger partial charge is 0.311 e. The molecule has 6 heteroatoms. The molecule has 0 saturated carbocycles. The summed E-state index contributed by atoms with van der Waals surface area (Å²) in [5.41, 5.74) is -0.507. The molecular weight excluding hydrogens is 208 g/mol. The molecule has 16 heavy (non-hydrogen) atoms. The molecule has 0 fully saturated rings. The lowest BCUT2D eigenvalue weighted by molar-refractivity contribution is 0.687. The van der Waals surface area contributed by atoms with Gasteiger partial charge in [0.25, 0.3) is 5.56 Å². The van der Waals surface area contributed by atoms with Gasteiger partial charge in [0.05, 0.1) is 0 Å². The largest absolute Gasteiger partial charge is 0.327 e. The van der Waals surface area contributed by atoms with E-state index in [1.54, 1.807) is 4.57 Å². The van der Waals surface area contributed by atoms with Crippen LogP contribution in [0.1, 0.15) is 19.2 Å². The van der Waals surface area contributed by atoms with Gasteiger partial charge >= 0.3 is 5.69 Å². The summed E-state index contributed by atoms with van der Waals surface area (Å²) in [5.74, 6) is 2.74. The highest BCUT2D eigenvalue weighted by Crippen LogP contribution is 2.08. The summed E-state index contributed by atoms with van der Waals surface area (Å²) in [4.78, 5) is 31.3. The van der Waals surface area contributed by atoms with Gasteiger partial charge in [0.2, 0.25) is 0 Å².